The van der Waals surface area contributed by atoms with Gasteiger partial charge in [-0.25, -0.2) is 0 Å². The molecule has 5 rings (SSSR count). The Morgan fingerprint density at radius 2 is 2.06 bits per heavy atom. The molecule has 8 heteroatoms. The fourth-order valence-electron chi connectivity index (χ4n) is 5.48. The Hall–Kier alpha value is -2.09. The molecule has 0 bridgehead atoms. The zero-order chi connectivity index (χ0) is 23.8. The van der Waals surface area contributed by atoms with E-state index in [4.69, 9.17) is 24.4 Å². The second-order valence-electron chi connectivity index (χ2n) is 9.33. The van der Waals surface area contributed by atoms with Crippen LogP contribution in [0.4, 0.5) is 0 Å². The number of fused-ring (bicyclic) bond motifs is 2. The molecule has 1 aromatic heterocycles. The molecule has 0 saturated carbocycles. The van der Waals surface area contributed by atoms with Crippen molar-refractivity contribution in [2.24, 2.45) is 5.92 Å². The van der Waals surface area contributed by atoms with Gasteiger partial charge in [-0.05, 0) is 81.9 Å². The van der Waals surface area contributed by atoms with Gasteiger partial charge in [0.1, 0.15) is 7.85 Å². The topological polar surface area (TPSA) is 56.7 Å². The molecule has 174 valence electrons. The number of rotatable bonds is 3. The van der Waals surface area contributed by atoms with Crippen molar-refractivity contribution < 1.29 is 10.0 Å². The largest absolute Gasteiger partial charge is 0.342 e. The van der Waals surface area contributed by atoms with Gasteiger partial charge in [-0.1, -0.05) is 35.3 Å². The fourth-order valence-corrected chi connectivity index (χ4v) is 6.21. The van der Waals surface area contributed by atoms with Crippen LogP contribution in [0.3, 0.4) is 0 Å². The predicted molar refractivity (Wildman–Crippen MR) is 138 cm³/mol. The van der Waals surface area contributed by atoms with Crippen molar-refractivity contribution >= 4 is 46.7 Å². The van der Waals surface area contributed by atoms with Crippen molar-refractivity contribution in [2.45, 2.75) is 38.0 Å². The summed E-state index contributed by atoms with van der Waals surface area (Å²) >= 11 is 10.2. The third-order valence-electron chi connectivity index (χ3n) is 7.25. The summed E-state index contributed by atoms with van der Waals surface area (Å²) in [4.78, 5) is 19.7. The second kappa shape index (κ2) is 9.88. The number of nitrogens with zero attached hydrogens (tertiary/aromatic N) is 3. The highest BCUT2D eigenvalue weighted by atomic mass is 79.9. The van der Waals surface area contributed by atoms with Gasteiger partial charge in [0.2, 0.25) is 5.91 Å². The Labute approximate surface area is 215 Å². The summed E-state index contributed by atoms with van der Waals surface area (Å²) in [6, 6.07) is 6.19. The fraction of sp³-hybridized carbons (Fsp3) is 0.385. The molecule has 1 atom stereocenters. The van der Waals surface area contributed by atoms with Crippen LogP contribution < -0.4 is 5.46 Å². The Bertz CT molecular complexity index is 1180. The number of hydroxylamine groups is 2. The van der Waals surface area contributed by atoms with Crippen molar-refractivity contribution in [3.05, 3.63) is 80.2 Å². The molecule has 1 aromatic carbocycles. The molecule has 3 aliphatic rings. The number of pyridine rings is 1. The van der Waals surface area contributed by atoms with E-state index >= 15 is 0 Å². The van der Waals surface area contributed by atoms with E-state index in [0.29, 0.717) is 24.3 Å². The number of halogens is 2. The minimum atomic E-state index is 0.142. The summed E-state index contributed by atoms with van der Waals surface area (Å²) in [5.41, 5.74) is 6.49. The number of amides is 1. The minimum Gasteiger partial charge on any atom is -0.342 e. The first-order chi connectivity index (χ1) is 16.4. The van der Waals surface area contributed by atoms with Gasteiger partial charge in [0.05, 0.1) is 23.7 Å². The molecule has 2 aliphatic heterocycles. The van der Waals surface area contributed by atoms with Gasteiger partial charge in [0.15, 0.2) is 0 Å². The summed E-state index contributed by atoms with van der Waals surface area (Å²) in [5.74, 6) is 0.668. The van der Waals surface area contributed by atoms with Crippen LogP contribution in [-0.2, 0) is 17.6 Å². The smallest absolute Gasteiger partial charge is 0.226 e. The highest BCUT2D eigenvalue weighted by molar-refractivity contribution is 9.10. The molecule has 2 radical (unpaired) electrons. The Morgan fingerprint density at radius 3 is 2.79 bits per heavy atom. The maximum atomic E-state index is 12.9. The first-order valence-electron chi connectivity index (χ1n) is 11.7. The van der Waals surface area contributed by atoms with E-state index in [1.165, 1.54) is 16.7 Å². The molecule has 3 heterocycles. The maximum absolute atomic E-state index is 12.9. The number of piperidine rings is 1. The van der Waals surface area contributed by atoms with Gasteiger partial charge in [-0.15, -0.1) is 0 Å². The highest BCUT2D eigenvalue weighted by Gasteiger charge is 2.35. The van der Waals surface area contributed by atoms with Gasteiger partial charge in [-0.3, -0.25) is 20.0 Å². The van der Waals surface area contributed by atoms with Gasteiger partial charge < -0.3 is 4.90 Å². The molecule has 1 amide bonds. The summed E-state index contributed by atoms with van der Waals surface area (Å²) in [6.07, 6.45) is 11.0. The number of likely N-dealkylation sites (tertiary alicyclic amines) is 1. The molecule has 1 fully saturated rings. The Morgan fingerprint density at radius 1 is 1.26 bits per heavy atom. The van der Waals surface area contributed by atoms with E-state index in [0.717, 1.165) is 64.6 Å². The lowest BCUT2D eigenvalue weighted by molar-refractivity contribution is -0.131. The molecule has 1 aliphatic carbocycles. The van der Waals surface area contributed by atoms with Crippen molar-refractivity contribution in [2.75, 3.05) is 19.6 Å². The van der Waals surface area contributed by atoms with E-state index in [1.807, 2.05) is 17.0 Å². The van der Waals surface area contributed by atoms with Crippen LogP contribution in [-0.4, -0.2) is 53.5 Å². The second-order valence-corrected chi connectivity index (χ2v) is 10.5. The predicted octanol–water partition coefficient (Wildman–Crippen LogP) is 4.30. The average molecular weight is 539 g/mol. The van der Waals surface area contributed by atoms with Crippen molar-refractivity contribution in [1.82, 2.24) is 14.9 Å². The van der Waals surface area contributed by atoms with E-state index in [-0.39, 0.29) is 11.8 Å². The molecule has 34 heavy (non-hydrogen) atoms. The Kier molecular flexibility index (Phi) is 6.87. The van der Waals surface area contributed by atoms with Crippen LogP contribution in [0, 0.1) is 5.92 Å². The summed E-state index contributed by atoms with van der Waals surface area (Å²) in [5, 5.41) is 11.3. The molecule has 2 aromatic rings. The standard InChI is InChI=1S/C26H26BBrClN3O2/c27-19-14-18-1-2-21-20(3-4-22(29)25(21)28)24(26(18)30-15-19)17-7-9-31(10-8-17)23(33)13-16-5-11-32(34)12-6-16/h3-6,11,14-15,17,24,34H,1-2,7-10,12-13H2. The van der Waals surface area contributed by atoms with E-state index < -0.39 is 0 Å². The summed E-state index contributed by atoms with van der Waals surface area (Å²) < 4.78 is 0.973. The minimum absolute atomic E-state index is 0.142. The number of aromatic nitrogens is 1. The van der Waals surface area contributed by atoms with Gasteiger partial charge >= 0.3 is 0 Å². The van der Waals surface area contributed by atoms with E-state index in [1.54, 1.807) is 18.5 Å². The van der Waals surface area contributed by atoms with Crippen LogP contribution in [0.15, 0.2) is 52.8 Å². The molecule has 1 unspecified atom stereocenters. The maximum Gasteiger partial charge on any atom is 0.226 e. The number of aryl methyl sites for hydroxylation is 1. The zero-order valence-corrected chi connectivity index (χ0v) is 21.2. The lowest BCUT2D eigenvalue weighted by Crippen LogP contribution is -2.40. The monoisotopic (exact) mass is 537 g/mol. The number of allylic oxidation sites excluding steroid dienone is 1. The number of carbonyl (C=O) groups is 1. The molecule has 1 N–H and O–H groups in total. The van der Waals surface area contributed by atoms with Gasteiger partial charge in [-0.2, -0.15) is 0 Å². The van der Waals surface area contributed by atoms with Crippen LogP contribution in [0.5, 0.6) is 0 Å². The third-order valence-corrected chi connectivity index (χ3v) is 8.70. The van der Waals surface area contributed by atoms with Crippen LogP contribution in [0.2, 0.25) is 5.02 Å². The van der Waals surface area contributed by atoms with Crippen LogP contribution >= 0.6 is 27.5 Å². The van der Waals surface area contributed by atoms with Crippen molar-refractivity contribution in [1.29, 1.82) is 0 Å². The number of benzene rings is 1. The first kappa shape index (κ1) is 23.6. The zero-order valence-electron chi connectivity index (χ0n) is 18.9. The van der Waals surface area contributed by atoms with Crippen LogP contribution in [0.25, 0.3) is 0 Å². The quantitative estimate of drug-likeness (QED) is 0.593. The van der Waals surface area contributed by atoms with Crippen LogP contribution in [0.1, 0.15) is 47.6 Å². The van der Waals surface area contributed by atoms with Crippen molar-refractivity contribution in [3.63, 3.8) is 0 Å². The van der Waals surface area contributed by atoms with Gasteiger partial charge in [0, 0.05) is 35.9 Å². The lowest BCUT2D eigenvalue weighted by atomic mass is 9.76. The first-order valence-corrected chi connectivity index (χ1v) is 12.9. The third kappa shape index (κ3) is 4.70. The number of carbonyl (C=O) groups excluding carboxylic acids is 1. The van der Waals surface area contributed by atoms with E-state index in [9.17, 15) is 10.0 Å². The molecule has 0 spiro atoms. The van der Waals surface area contributed by atoms with E-state index in [2.05, 4.69) is 28.1 Å². The molecular formula is C26H26BBrClN3O2. The Balaban J connectivity index is 1.37. The average Bonchev–Trinajstić information content (AvgIpc) is 3.00. The number of hydrogen-bond donors (Lipinski definition) is 1. The van der Waals surface area contributed by atoms with Gasteiger partial charge in [0.25, 0.3) is 0 Å². The molecule has 1 saturated heterocycles. The summed E-state index contributed by atoms with van der Waals surface area (Å²) in [7, 11) is 6.09. The summed E-state index contributed by atoms with van der Waals surface area (Å²) in [6.45, 7) is 1.88. The highest BCUT2D eigenvalue weighted by Crippen LogP contribution is 2.45. The van der Waals surface area contributed by atoms with Crippen molar-refractivity contribution in [3.8, 4) is 0 Å². The number of hydrogen-bond acceptors (Lipinski definition) is 4. The lowest BCUT2D eigenvalue weighted by Gasteiger charge is -2.37. The SMILES string of the molecule is [B]c1cnc2c(c1)CCc1c(ccc(Cl)c1Br)C2C1CCN(C(=O)CC2=CCN(O)C=C2)CC1. The molecule has 5 nitrogen and oxygen atoms in total. The normalized spacial score (nSPS) is 20.4. The molecular weight excluding hydrogens is 512 g/mol.